The molecule has 9 nitrogen and oxygen atoms in total. The number of hydrogen-bond donors (Lipinski definition) is 2. The Morgan fingerprint density at radius 1 is 1.30 bits per heavy atom. The Morgan fingerprint density at radius 2 is 1.96 bits per heavy atom. The number of primary amides is 1. The zero-order valence-corrected chi connectivity index (χ0v) is 16.0. The van der Waals surface area contributed by atoms with Gasteiger partial charge in [-0.15, -0.1) is 0 Å². The number of carbonyl (C=O) groups is 3. The van der Waals surface area contributed by atoms with Gasteiger partial charge in [0.15, 0.2) is 5.82 Å². The van der Waals surface area contributed by atoms with Gasteiger partial charge in [-0.25, -0.2) is 4.79 Å². The molecular weight excluding hydrogens is 350 g/mol. The van der Waals surface area contributed by atoms with Crippen LogP contribution < -0.4 is 10.6 Å². The lowest BCUT2D eigenvalue weighted by Crippen LogP contribution is -2.41. The lowest BCUT2D eigenvalue weighted by atomic mass is 9.94. The van der Waals surface area contributed by atoms with Gasteiger partial charge in [0, 0.05) is 43.7 Å². The van der Waals surface area contributed by atoms with Crippen LogP contribution in [0, 0.1) is 5.92 Å². The first-order valence-corrected chi connectivity index (χ1v) is 9.27. The van der Waals surface area contributed by atoms with Crippen molar-refractivity contribution in [2.24, 2.45) is 11.7 Å². The van der Waals surface area contributed by atoms with Crippen molar-refractivity contribution in [1.29, 1.82) is 0 Å². The molecule has 0 spiro atoms. The van der Waals surface area contributed by atoms with Crippen LogP contribution in [-0.4, -0.2) is 58.2 Å². The number of amides is 3. The number of ether oxygens (including phenoxy) is 1. The van der Waals surface area contributed by atoms with E-state index >= 15 is 0 Å². The SMILES string of the molecule is CC(C)(C)OC(=O)N1CCC(c2cc(N3CC(C(N)=O)CC3=O)n[nH]2)CC1. The number of piperidine rings is 1. The Hall–Kier alpha value is -2.58. The van der Waals surface area contributed by atoms with E-state index in [1.807, 2.05) is 26.8 Å². The molecule has 1 atom stereocenters. The van der Waals surface area contributed by atoms with E-state index in [4.69, 9.17) is 10.5 Å². The van der Waals surface area contributed by atoms with Crippen LogP contribution in [0.2, 0.25) is 0 Å². The fourth-order valence-electron chi connectivity index (χ4n) is 3.49. The minimum Gasteiger partial charge on any atom is -0.444 e. The first kappa shape index (κ1) is 19.2. The maximum absolute atomic E-state index is 12.2. The second-order valence-corrected chi connectivity index (χ2v) is 8.23. The molecule has 3 amide bonds. The van der Waals surface area contributed by atoms with E-state index in [9.17, 15) is 14.4 Å². The number of anilines is 1. The van der Waals surface area contributed by atoms with Crippen LogP contribution in [0.25, 0.3) is 0 Å². The highest BCUT2D eigenvalue weighted by atomic mass is 16.6. The van der Waals surface area contributed by atoms with E-state index in [0.717, 1.165) is 18.5 Å². The summed E-state index contributed by atoms with van der Waals surface area (Å²) in [6.45, 7) is 7.06. The van der Waals surface area contributed by atoms with E-state index in [0.29, 0.717) is 18.9 Å². The second-order valence-electron chi connectivity index (χ2n) is 8.23. The number of rotatable bonds is 3. The molecule has 3 heterocycles. The second kappa shape index (κ2) is 7.21. The van der Waals surface area contributed by atoms with Crippen molar-refractivity contribution in [1.82, 2.24) is 15.1 Å². The quantitative estimate of drug-likeness (QED) is 0.824. The molecule has 2 aliphatic rings. The highest BCUT2D eigenvalue weighted by molar-refractivity contribution is 5.99. The summed E-state index contributed by atoms with van der Waals surface area (Å²) in [6, 6.07) is 1.86. The summed E-state index contributed by atoms with van der Waals surface area (Å²) in [5.41, 5.74) is 5.74. The van der Waals surface area contributed by atoms with Crippen molar-refractivity contribution in [3.63, 3.8) is 0 Å². The molecule has 0 aromatic carbocycles. The third-order valence-electron chi connectivity index (χ3n) is 4.97. The molecule has 0 saturated carbocycles. The van der Waals surface area contributed by atoms with Crippen LogP contribution in [0.3, 0.4) is 0 Å². The predicted octanol–water partition coefficient (Wildman–Crippen LogP) is 1.36. The third-order valence-corrected chi connectivity index (χ3v) is 4.97. The normalized spacial score (nSPS) is 21.6. The molecular formula is C18H27N5O4. The molecule has 9 heteroatoms. The third kappa shape index (κ3) is 4.40. The molecule has 0 bridgehead atoms. The van der Waals surface area contributed by atoms with Crippen LogP contribution in [0.15, 0.2) is 6.07 Å². The van der Waals surface area contributed by atoms with Crippen molar-refractivity contribution >= 4 is 23.7 Å². The largest absolute Gasteiger partial charge is 0.444 e. The Kier molecular flexibility index (Phi) is 5.12. The number of hydrogen-bond acceptors (Lipinski definition) is 5. The monoisotopic (exact) mass is 377 g/mol. The van der Waals surface area contributed by atoms with E-state index in [2.05, 4.69) is 10.2 Å². The summed E-state index contributed by atoms with van der Waals surface area (Å²) in [5.74, 6) is -0.315. The summed E-state index contributed by atoms with van der Waals surface area (Å²) in [6.07, 6.45) is 1.43. The smallest absolute Gasteiger partial charge is 0.410 e. The Bertz CT molecular complexity index is 730. The van der Waals surface area contributed by atoms with Crippen molar-refractivity contribution in [2.75, 3.05) is 24.5 Å². The maximum Gasteiger partial charge on any atom is 0.410 e. The van der Waals surface area contributed by atoms with Gasteiger partial charge in [-0.1, -0.05) is 0 Å². The average molecular weight is 377 g/mol. The van der Waals surface area contributed by atoms with Crippen LogP contribution in [0.4, 0.5) is 10.6 Å². The number of carbonyl (C=O) groups excluding carboxylic acids is 3. The fourth-order valence-corrected chi connectivity index (χ4v) is 3.49. The van der Waals surface area contributed by atoms with Crippen molar-refractivity contribution in [3.05, 3.63) is 11.8 Å². The highest BCUT2D eigenvalue weighted by Crippen LogP contribution is 2.31. The standard InChI is InChI=1S/C18H27N5O4/c1-18(2,3)27-17(26)22-6-4-11(5-7-22)13-9-14(21-20-13)23-10-12(16(19)25)8-15(23)24/h9,11-12H,4-8,10H2,1-3H3,(H2,19,25)(H,20,21). The van der Waals surface area contributed by atoms with Gasteiger partial charge in [-0.3, -0.25) is 19.6 Å². The molecule has 0 aliphatic carbocycles. The van der Waals surface area contributed by atoms with Crippen LogP contribution in [0.5, 0.6) is 0 Å². The number of nitrogens with one attached hydrogen (secondary N) is 1. The summed E-state index contributed by atoms with van der Waals surface area (Å²) in [5, 5.41) is 7.25. The molecule has 148 valence electrons. The molecule has 2 fully saturated rings. The molecule has 2 aliphatic heterocycles. The van der Waals surface area contributed by atoms with Crippen molar-refractivity contribution in [3.8, 4) is 0 Å². The summed E-state index contributed by atoms with van der Waals surface area (Å²) in [4.78, 5) is 38.8. The number of nitrogens with two attached hydrogens (primary N) is 1. The summed E-state index contributed by atoms with van der Waals surface area (Å²) in [7, 11) is 0. The van der Waals surface area contributed by atoms with Crippen molar-refractivity contribution < 1.29 is 19.1 Å². The highest BCUT2D eigenvalue weighted by Gasteiger charge is 2.35. The number of likely N-dealkylation sites (tertiary alicyclic amines) is 1. The molecule has 2 saturated heterocycles. The zero-order chi connectivity index (χ0) is 19.8. The first-order chi connectivity index (χ1) is 12.6. The molecule has 1 aromatic heterocycles. The number of aromatic nitrogens is 2. The van der Waals surface area contributed by atoms with E-state index < -0.39 is 17.4 Å². The first-order valence-electron chi connectivity index (χ1n) is 9.27. The topological polar surface area (TPSA) is 122 Å². The van der Waals surface area contributed by atoms with Gasteiger partial charge in [-0.05, 0) is 33.6 Å². The van der Waals surface area contributed by atoms with E-state index in [-0.39, 0.29) is 30.9 Å². The molecule has 3 N–H and O–H groups in total. The summed E-state index contributed by atoms with van der Waals surface area (Å²) >= 11 is 0. The summed E-state index contributed by atoms with van der Waals surface area (Å²) < 4.78 is 5.42. The molecule has 3 rings (SSSR count). The molecule has 1 aromatic rings. The Labute approximate surface area is 158 Å². The Morgan fingerprint density at radius 3 is 2.52 bits per heavy atom. The number of aromatic amines is 1. The van der Waals surface area contributed by atoms with Gasteiger partial charge in [0.2, 0.25) is 11.8 Å². The van der Waals surface area contributed by atoms with Crippen LogP contribution >= 0.6 is 0 Å². The van der Waals surface area contributed by atoms with Gasteiger partial charge in [0.05, 0.1) is 5.92 Å². The lowest BCUT2D eigenvalue weighted by Gasteiger charge is -2.33. The average Bonchev–Trinajstić information content (AvgIpc) is 3.20. The number of nitrogens with zero attached hydrogens (tertiary/aromatic N) is 3. The van der Waals surface area contributed by atoms with E-state index in [1.165, 1.54) is 4.90 Å². The van der Waals surface area contributed by atoms with E-state index in [1.54, 1.807) is 4.90 Å². The van der Waals surface area contributed by atoms with Gasteiger partial charge < -0.3 is 15.4 Å². The molecule has 1 unspecified atom stereocenters. The van der Waals surface area contributed by atoms with Gasteiger partial charge >= 0.3 is 6.09 Å². The van der Waals surface area contributed by atoms with Gasteiger partial charge in [0.25, 0.3) is 0 Å². The minimum atomic E-state index is -0.503. The number of H-pyrrole nitrogens is 1. The van der Waals surface area contributed by atoms with Gasteiger partial charge in [-0.2, -0.15) is 5.10 Å². The Balaban J connectivity index is 1.58. The van der Waals surface area contributed by atoms with Crippen LogP contribution in [0.1, 0.15) is 51.6 Å². The lowest BCUT2D eigenvalue weighted by molar-refractivity contribution is -0.123. The van der Waals surface area contributed by atoms with Crippen molar-refractivity contribution in [2.45, 2.75) is 51.6 Å². The van der Waals surface area contributed by atoms with Gasteiger partial charge in [0.1, 0.15) is 5.60 Å². The fraction of sp³-hybridized carbons (Fsp3) is 0.667. The van der Waals surface area contributed by atoms with Crippen LogP contribution in [-0.2, 0) is 14.3 Å². The minimum absolute atomic E-state index is 0.131. The zero-order valence-electron chi connectivity index (χ0n) is 16.0. The molecule has 0 radical (unpaired) electrons. The predicted molar refractivity (Wildman–Crippen MR) is 98.0 cm³/mol. The molecule has 27 heavy (non-hydrogen) atoms. The maximum atomic E-state index is 12.2.